The quantitative estimate of drug-likeness (QED) is 0.376. The monoisotopic (exact) mass is 448 g/mol. The number of nitrogens with one attached hydrogen (secondary N) is 1. The Morgan fingerprint density at radius 1 is 1.25 bits per heavy atom. The maximum absolute atomic E-state index is 5.40. The number of halogens is 2. The average Bonchev–Trinajstić information content (AvgIpc) is 3.06. The Morgan fingerprint density at radius 3 is 2.88 bits per heavy atom. The highest BCUT2D eigenvalue weighted by Crippen LogP contribution is 2.26. The molecule has 9 heteroatoms. The Hall–Kier alpha value is -2.26. The van der Waals surface area contributed by atoms with Crippen LogP contribution in [0.4, 0.5) is 5.95 Å². The van der Waals surface area contributed by atoms with Crippen molar-refractivity contribution < 1.29 is 4.42 Å². The minimum atomic E-state index is 0.314. The summed E-state index contributed by atoms with van der Waals surface area (Å²) in [7, 11) is 1.95. The van der Waals surface area contributed by atoms with Crippen LogP contribution < -0.4 is 5.43 Å². The first-order chi connectivity index (χ1) is 11.6. The Bertz CT molecular complexity index is 1060. The summed E-state index contributed by atoms with van der Waals surface area (Å²) in [6.45, 7) is 0. The van der Waals surface area contributed by atoms with Gasteiger partial charge in [0.2, 0.25) is 0 Å². The smallest absolute Gasteiger partial charge is 0.265 e. The van der Waals surface area contributed by atoms with E-state index in [-0.39, 0.29) is 0 Å². The number of rotatable bonds is 3. The zero-order valence-electron chi connectivity index (χ0n) is 12.4. The van der Waals surface area contributed by atoms with Gasteiger partial charge in [0, 0.05) is 18.5 Å². The number of furan rings is 1. The largest absolute Gasteiger partial charge is 0.447 e. The van der Waals surface area contributed by atoms with Gasteiger partial charge in [0.15, 0.2) is 10.3 Å². The molecule has 0 amide bonds. The fourth-order valence-corrected chi connectivity index (χ4v) is 3.04. The normalized spacial score (nSPS) is 11.8. The Labute approximate surface area is 153 Å². The van der Waals surface area contributed by atoms with Gasteiger partial charge in [-0.1, -0.05) is 18.2 Å². The zero-order valence-corrected chi connectivity index (χ0v) is 15.5. The fourth-order valence-electron chi connectivity index (χ4n) is 2.43. The van der Waals surface area contributed by atoms with E-state index in [2.05, 4.69) is 57.6 Å². The van der Waals surface area contributed by atoms with E-state index in [1.807, 2.05) is 35.9 Å². The van der Waals surface area contributed by atoms with E-state index in [1.54, 1.807) is 6.07 Å². The second-order valence-corrected chi connectivity index (χ2v) is 6.60. The molecule has 0 spiro atoms. The van der Waals surface area contributed by atoms with E-state index in [9.17, 15) is 0 Å². The molecule has 0 radical (unpaired) electrons. The van der Waals surface area contributed by atoms with Crippen LogP contribution in [0.5, 0.6) is 0 Å². The maximum atomic E-state index is 5.40. The summed E-state index contributed by atoms with van der Waals surface area (Å²) in [6, 6.07) is 9.78. The first kappa shape index (κ1) is 15.3. The summed E-state index contributed by atoms with van der Waals surface area (Å²) in [4.78, 5) is 4.48. The lowest BCUT2D eigenvalue weighted by Gasteiger charge is -1.99. The third kappa shape index (κ3) is 2.59. The number of hydrazone groups is 1. The molecule has 0 fully saturated rings. The summed E-state index contributed by atoms with van der Waals surface area (Å²) in [5.74, 6) is 0.897. The highest BCUT2D eigenvalue weighted by Gasteiger charge is 2.11. The molecule has 0 aliphatic heterocycles. The highest BCUT2D eigenvalue weighted by molar-refractivity contribution is 9.13. The van der Waals surface area contributed by atoms with Crippen LogP contribution in [-0.4, -0.2) is 26.0 Å². The van der Waals surface area contributed by atoms with E-state index < -0.39 is 0 Å². The molecule has 4 rings (SSSR count). The molecule has 0 unspecified atom stereocenters. The molecule has 7 nitrogen and oxygen atoms in total. The molecule has 24 heavy (non-hydrogen) atoms. The molecule has 4 aromatic rings. The van der Waals surface area contributed by atoms with Crippen LogP contribution in [0.2, 0.25) is 0 Å². The number of nitrogens with zero attached hydrogens (tertiary/aromatic N) is 5. The molecule has 1 N–H and O–H groups in total. The predicted molar refractivity (Wildman–Crippen MR) is 99.1 cm³/mol. The molecular formula is C15H10Br2N6O. The van der Waals surface area contributed by atoms with Crippen molar-refractivity contribution in [3.63, 3.8) is 0 Å². The minimum Gasteiger partial charge on any atom is -0.447 e. The Morgan fingerprint density at radius 2 is 2.08 bits per heavy atom. The molecule has 0 saturated carbocycles. The Kier molecular flexibility index (Phi) is 3.81. The lowest BCUT2D eigenvalue weighted by atomic mass is 10.2. The van der Waals surface area contributed by atoms with Crippen molar-refractivity contribution in [2.45, 2.75) is 0 Å². The van der Waals surface area contributed by atoms with Gasteiger partial charge in [-0.05, 0) is 37.9 Å². The molecule has 3 heterocycles. The van der Waals surface area contributed by atoms with Crippen LogP contribution in [0.25, 0.3) is 22.1 Å². The molecular weight excluding hydrogens is 440 g/mol. The molecule has 0 aliphatic carbocycles. The number of hydrogen-bond acceptors (Lipinski definition) is 6. The van der Waals surface area contributed by atoms with Crippen LogP contribution in [-0.2, 0) is 7.05 Å². The SMILES string of the molecule is Cn1c2ccccc2c2nnc(N/N=C\c3cc(Br)c(Br)o3)nc21. The summed E-state index contributed by atoms with van der Waals surface area (Å²) < 4.78 is 8.81. The third-order valence-corrected chi connectivity index (χ3v) is 5.24. The average molecular weight is 450 g/mol. The van der Waals surface area contributed by atoms with Crippen molar-refractivity contribution in [1.29, 1.82) is 0 Å². The van der Waals surface area contributed by atoms with E-state index in [4.69, 9.17) is 4.42 Å². The maximum Gasteiger partial charge on any atom is 0.265 e. The van der Waals surface area contributed by atoms with Gasteiger partial charge < -0.3 is 8.98 Å². The highest BCUT2D eigenvalue weighted by atomic mass is 79.9. The van der Waals surface area contributed by atoms with Gasteiger partial charge in [0.25, 0.3) is 5.95 Å². The zero-order chi connectivity index (χ0) is 16.7. The second-order valence-electron chi connectivity index (χ2n) is 5.02. The number of aromatic nitrogens is 4. The van der Waals surface area contributed by atoms with Crippen molar-refractivity contribution in [2.75, 3.05) is 5.43 Å². The van der Waals surface area contributed by atoms with E-state index >= 15 is 0 Å². The van der Waals surface area contributed by atoms with Gasteiger partial charge in [-0.15, -0.1) is 10.2 Å². The standard InChI is InChI=1S/C15H10Br2N6O/c1-23-11-5-3-2-4-9(11)12-14(23)19-15(22-20-12)21-18-7-8-6-10(16)13(17)24-8/h2-7H,1H3,(H,19,21,22)/b18-7-. The van der Waals surface area contributed by atoms with Crippen LogP contribution >= 0.6 is 31.9 Å². The molecule has 3 aromatic heterocycles. The van der Waals surface area contributed by atoms with Crippen LogP contribution in [0.3, 0.4) is 0 Å². The van der Waals surface area contributed by atoms with Crippen molar-refractivity contribution >= 4 is 66.1 Å². The number of benzene rings is 1. The number of anilines is 1. The summed E-state index contributed by atoms with van der Waals surface area (Å²) >= 11 is 6.62. The molecule has 0 saturated heterocycles. The van der Waals surface area contributed by atoms with Crippen molar-refractivity contribution in [2.24, 2.45) is 12.1 Å². The molecule has 0 bridgehead atoms. The van der Waals surface area contributed by atoms with Crippen LogP contribution in [0, 0.1) is 0 Å². The van der Waals surface area contributed by atoms with Gasteiger partial charge in [-0.2, -0.15) is 10.1 Å². The van der Waals surface area contributed by atoms with Crippen molar-refractivity contribution in [3.05, 3.63) is 45.2 Å². The first-order valence-electron chi connectivity index (χ1n) is 6.95. The summed E-state index contributed by atoms with van der Waals surface area (Å²) in [5, 5.41) is 13.4. The fraction of sp³-hybridized carbons (Fsp3) is 0.0667. The summed E-state index contributed by atoms with van der Waals surface area (Å²) in [6.07, 6.45) is 1.53. The second kappa shape index (κ2) is 5.99. The van der Waals surface area contributed by atoms with Crippen molar-refractivity contribution in [1.82, 2.24) is 19.7 Å². The van der Waals surface area contributed by atoms with Gasteiger partial charge in [-0.25, -0.2) is 5.43 Å². The van der Waals surface area contributed by atoms with Gasteiger partial charge >= 0.3 is 0 Å². The molecule has 1 aromatic carbocycles. The predicted octanol–water partition coefficient (Wildman–Crippen LogP) is 4.08. The van der Waals surface area contributed by atoms with Crippen LogP contribution in [0.1, 0.15) is 5.76 Å². The lowest BCUT2D eigenvalue weighted by Crippen LogP contribution is -2.00. The number of hydrogen-bond donors (Lipinski definition) is 1. The molecule has 0 atom stereocenters. The van der Waals surface area contributed by atoms with Crippen LogP contribution in [0.15, 0.2) is 49.0 Å². The number of fused-ring (bicyclic) bond motifs is 3. The lowest BCUT2D eigenvalue weighted by molar-refractivity contribution is 0.533. The molecule has 0 aliphatic rings. The van der Waals surface area contributed by atoms with E-state index in [0.29, 0.717) is 16.4 Å². The van der Waals surface area contributed by atoms with Crippen molar-refractivity contribution in [3.8, 4) is 0 Å². The van der Waals surface area contributed by atoms with Gasteiger partial charge in [0.05, 0.1) is 16.2 Å². The number of para-hydroxylation sites is 1. The topological polar surface area (TPSA) is 81.1 Å². The minimum absolute atomic E-state index is 0.314. The third-order valence-electron chi connectivity index (χ3n) is 3.53. The van der Waals surface area contributed by atoms with Gasteiger partial charge in [-0.3, -0.25) is 0 Å². The van der Waals surface area contributed by atoms with E-state index in [1.165, 1.54) is 6.21 Å². The Balaban J connectivity index is 1.65. The summed E-state index contributed by atoms with van der Waals surface area (Å²) in [5.41, 5.74) is 5.33. The first-order valence-corrected chi connectivity index (χ1v) is 8.54. The van der Waals surface area contributed by atoms with E-state index in [0.717, 1.165) is 26.5 Å². The van der Waals surface area contributed by atoms with Gasteiger partial charge in [0.1, 0.15) is 11.3 Å². The molecule has 120 valence electrons. The number of aryl methyl sites for hydroxylation is 1.